The highest BCUT2D eigenvalue weighted by Gasteiger charge is 2.29. The van der Waals surface area contributed by atoms with Crippen LogP contribution in [0.1, 0.15) is 19.4 Å². The molecule has 0 aliphatic carbocycles. The van der Waals surface area contributed by atoms with Gasteiger partial charge in [-0.3, -0.25) is 0 Å². The number of aromatic hydroxyl groups is 1. The molecule has 0 fully saturated rings. The van der Waals surface area contributed by atoms with Crippen molar-refractivity contribution < 1.29 is 18.6 Å². The molecule has 148 valence electrons. The Balaban J connectivity index is 2.18. The number of aliphatic hydroxyl groups is 1. The van der Waals surface area contributed by atoms with Gasteiger partial charge in [-0.05, 0) is 36.1 Å². The Kier molecular flexibility index (Phi) is 7.38. The van der Waals surface area contributed by atoms with Crippen molar-refractivity contribution in [1.29, 1.82) is 0 Å². The molecule has 2 rings (SSSR count). The van der Waals surface area contributed by atoms with Crippen LogP contribution in [0.2, 0.25) is 0 Å². The molecule has 0 radical (unpaired) electrons. The minimum atomic E-state index is -3.86. The van der Waals surface area contributed by atoms with Gasteiger partial charge >= 0.3 is 0 Å². The predicted molar refractivity (Wildman–Crippen MR) is 106 cm³/mol. The smallest absolute Gasteiger partial charge is 0.243 e. The van der Waals surface area contributed by atoms with Crippen LogP contribution in [0.25, 0.3) is 0 Å². The predicted octanol–water partition coefficient (Wildman–Crippen LogP) is 1.97. The van der Waals surface area contributed by atoms with Gasteiger partial charge in [0.15, 0.2) is 0 Å². The molecule has 0 spiro atoms. The Morgan fingerprint density at radius 3 is 2.30 bits per heavy atom. The molecule has 0 heterocycles. The standard InChI is InChI=1S/C20H28N2O4S/c1-15(2)13-22(27(25,26)18-10-6-9-17(23)12-18)14-20(24)19(21)11-16-7-4-3-5-8-16/h3-10,12,15,19-20,23-24H,11,13-14,21H2,1-2H3/t19-,20+/m0/s1. The topological polar surface area (TPSA) is 104 Å². The number of nitrogens with zero attached hydrogens (tertiary/aromatic N) is 1. The summed E-state index contributed by atoms with van der Waals surface area (Å²) in [6.07, 6.45) is -0.569. The zero-order chi connectivity index (χ0) is 20.0. The van der Waals surface area contributed by atoms with E-state index in [2.05, 4.69) is 0 Å². The number of sulfonamides is 1. The van der Waals surface area contributed by atoms with Crippen molar-refractivity contribution in [2.75, 3.05) is 13.1 Å². The van der Waals surface area contributed by atoms with E-state index in [0.29, 0.717) is 6.42 Å². The number of nitrogens with two attached hydrogens (primary N) is 1. The van der Waals surface area contributed by atoms with Gasteiger partial charge in [0, 0.05) is 19.1 Å². The van der Waals surface area contributed by atoms with E-state index in [1.54, 1.807) is 0 Å². The molecule has 0 aliphatic heterocycles. The van der Waals surface area contributed by atoms with Gasteiger partial charge in [0.1, 0.15) is 5.75 Å². The molecule has 2 atom stereocenters. The van der Waals surface area contributed by atoms with Crippen molar-refractivity contribution in [1.82, 2.24) is 4.31 Å². The molecule has 7 heteroatoms. The number of rotatable bonds is 9. The molecule has 0 saturated carbocycles. The van der Waals surface area contributed by atoms with Crippen molar-refractivity contribution in [2.24, 2.45) is 11.7 Å². The first-order chi connectivity index (χ1) is 12.7. The Labute approximate surface area is 161 Å². The first-order valence-corrected chi connectivity index (χ1v) is 10.4. The van der Waals surface area contributed by atoms with Crippen LogP contribution in [0.4, 0.5) is 0 Å². The summed E-state index contributed by atoms with van der Waals surface area (Å²) in [4.78, 5) is -0.00743. The maximum Gasteiger partial charge on any atom is 0.243 e. The Morgan fingerprint density at radius 2 is 1.70 bits per heavy atom. The van der Waals surface area contributed by atoms with Crippen molar-refractivity contribution in [3.8, 4) is 5.75 Å². The van der Waals surface area contributed by atoms with E-state index in [0.717, 1.165) is 5.56 Å². The third-order valence-electron chi connectivity index (χ3n) is 4.22. The van der Waals surface area contributed by atoms with Crippen molar-refractivity contribution >= 4 is 10.0 Å². The van der Waals surface area contributed by atoms with E-state index in [1.807, 2.05) is 44.2 Å². The van der Waals surface area contributed by atoms with E-state index in [1.165, 1.54) is 28.6 Å². The maximum atomic E-state index is 13.0. The minimum absolute atomic E-state index is 0.00743. The van der Waals surface area contributed by atoms with Gasteiger partial charge in [-0.15, -0.1) is 0 Å². The average molecular weight is 393 g/mol. The number of phenolic OH excluding ortho intramolecular Hbond substituents is 1. The van der Waals surface area contributed by atoms with E-state index >= 15 is 0 Å². The molecule has 2 aromatic rings. The molecule has 2 aromatic carbocycles. The molecule has 0 saturated heterocycles. The van der Waals surface area contributed by atoms with Gasteiger partial charge in [0.05, 0.1) is 11.0 Å². The largest absolute Gasteiger partial charge is 0.508 e. The number of phenols is 1. The summed E-state index contributed by atoms with van der Waals surface area (Å²) in [5.74, 6) is -0.0588. The highest BCUT2D eigenvalue weighted by molar-refractivity contribution is 7.89. The van der Waals surface area contributed by atoms with E-state index in [-0.39, 0.29) is 29.7 Å². The lowest BCUT2D eigenvalue weighted by Crippen LogP contribution is -2.47. The second-order valence-corrected chi connectivity index (χ2v) is 9.07. The normalized spacial score (nSPS) is 14.4. The molecular formula is C20H28N2O4S. The van der Waals surface area contributed by atoms with Crippen LogP contribution in [0.5, 0.6) is 5.75 Å². The third-order valence-corrected chi connectivity index (χ3v) is 6.05. The Hall–Kier alpha value is -1.93. The lowest BCUT2D eigenvalue weighted by atomic mass is 10.0. The van der Waals surface area contributed by atoms with Crippen molar-refractivity contribution in [3.63, 3.8) is 0 Å². The summed E-state index contributed by atoms with van der Waals surface area (Å²) < 4.78 is 27.2. The fourth-order valence-corrected chi connectivity index (χ4v) is 4.50. The zero-order valence-electron chi connectivity index (χ0n) is 15.7. The summed E-state index contributed by atoms with van der Waals surface area (Å²) >= 11 is 0. The van der Waals surface area contributed by atoms with Crippen molar-refractivity contribution in [3.05, 3.63) is 60.2 Å². The molecule has 0 unspecified atom stereocenters. The molecule has 0 aromatic heterocycles. The summed E-state index contributed by atoms with van der Waals surface area (Å²) in [7, 11) is -3.86. The summed E-state index contributed by atoms with van der Waals surface area (Å²) in [5, 5.41) is 20.2. The molecule has 0 bridgehead atoms. The highest BCUT2D eigenvalue weighted by Crippen LogP contribution is 2.22. The third kappa shape index (κ3) is 6.04. The van der Waals surface area contributed by atoms with Crippen LogP contribution in [0.15, 0.2) is 59.5 Å². The summed E-state index contributed by atoms with van der Waals surface area (Å²) in [6, 6.07) is 14.5. The molecule has 6 nitrogen and oxygen atoms in total. The zero-order valence-corrected chi connectivity index (χ0v) is 16.5. The van der Waals surface area contributed by atoms with Crippen LogP contribution < -0.4 is 5.73 Å². The Bertz CT molecular complexity index is 825. The monoisotopic (exact) mass is 392 g/mol. The lowest BCUT2D eigenvalue weighted by molar-refractivity contribution is 0.116. The van der Waals surface area contributed by atoms with Gasteiger partial charge in [-0.2, -0.15) is 4.31 Å². The lowest BCUT2D eigenvalue weighted by Gasteiger charge is -2.28. The second kappa shape index (κ2) is 9.32. The van der Waals surface area contributed by atoms with E-state index in [4.69, 9.17) is 5.73 Å². The van der Waals surface area contributed by atoms with Crippen LogP contribution in [0.3, 0.4) is 0 Å². The van der Waals surface area contributed by atoms with Gasteiger partial charge < -0.3 is 15.9 Å². The Morgan fingerprint density at radius 1 is 1.04 bits per heavy atom. The second-order valence-electron chi connectivity index (χ2n) is 7.13. The fourth-order valence-electron chi connectivity index (χ4n) is 2.84. The van der Waals surface area contributed by atoms with Crippen LogP contribution >= 0.6 is 0 Å². The SMILES string of the molecule is CC(C)CN(C[C@@H](O)[C@@H](N)Cc1ccccc1)S(=O)(=O)c1cccc(O)c1. The first-order valence-electron chi connectivity index (χ1n) is 8.97. The highest BCUT2D eigenvalue weighted by atomic mass is 32.2. The molecule has 0 amide bonds. The summed E-state index contributed by atoms with van der Waals surface area (Å²) in [5.41, 5.74) is 7.10. The quantitative estimate of drug-likeness (QED) is 0.605. The molecule has 4 N–H and O–H groups in total. The first kappa shape index (κ1) is 21.4. The minimum Gasteiger partial charge on any atom is -0.508 e. The number of benzene rings is 2. The van der Waals surface area contributed by atoms with Gasteiger partial charge in [-0.25, -0.2) is 8.42 Å². The average Bonchev–Trinajstić information content (AvgIpc) is 2.61. The fraction of sp³-hybridized carbons (Fsp3) is 0.400. The molecule has 27 heavy (non-hydrogen) atoms. The van der Waals surface area contributed by atoms with Crippen LogP contribution in [-0.2, 0) is 16.4 Å². The van der Waals surface area contributed by atoms with Gasteiger partial charge in [-0.1, -0.05) is 50.2 Å². The van der Waals surface area contributed by atoms with E-state index < -0.39 is 22.2 Å². The maximum absolute atomic E-state index is 13.0. The molecular weight excluding hydrogens is 364 g/mol. The molecule has 0 aliphatic rings. The van der Waals surface area contributed by atoms with Gasteiger partial charge in [0.25, 0.3) is 0 Å². The van der Waals surface area contributed by atoms with Crippen LogP contribution in [0, 0.1) is 5.92 Å². The van der Waals surface area contributed by atoms with Crippen LogP contribution in [-0.4, -0.2) is 48.2 Å². The number of aliphatic hydroxyl groups excluding tert-OH is 1. The number of hydrogen-bond donors (Lipinski definition) is 3. The van der Waals surface area contributed by atoms with E-state index in [9.17, 15) is 18.6 Å². The van der Waals surface area contributed by atoms with Gasteiger partial charge in [0.2, 0.25) is 10.0 Å². The van der Waals surface area contributed by atoms with Crippen molar-refractivity contribution in [2.45, 2.75) is 37.3 Å². The number of hydrogen-bond acceptors (Lipinski definition) is 5. The summed E-state index contributed by atoms with van der Waals surface area (Å²) in [6.45, 7) is 3.94.